The number of fused-ring (bicyclic) bond motifs is 2. The molecule has 0 radical (unpaired) electrons. The van der Waals surface area contributed by atoms with Crippen molar-refractivity contribution in [3.8, 4) is 28.7 Å². The molecule has 2 heterocycles. The lowest BCUT2D eigenvalue weighted by molar-refractivity contribution is -0.120. The maximum Gasteiger partial charge on any atom is 0.239 e. The molecule has 3 aromatic rings. The van der Waals surface area contributed by atoms with Crippen LogP contribution in [0.3, 0.4) is 0 Å². The van der Waals surface area contributed by atoms with E-state index in [0.29, 0.717) is 53.7 Å². The number of ketones is 1. The molecule has 10 nitrogen and oxygen atoms in total. The van der Waals surface area contributed by atoms with Crippen molar-refractivity contribution in [2.45, 2.75) is 39.3 Å². The van der Waals surface area contributed by atoms with Crippen LogP contribution >= 0.6 is 0 Å². The Labute approximate surface area is 256 Å². The number of hydrogen-bond acceptors (Lipinski definition) is 9. The zero-order valence-corrected chi connectivity index (χ0v) is 25.6. The van der Waals surface area contributed by atoms with Crippen molar-refractivity contribution in [2.75, 3.05) is 44.9 Å². The minimum absolute atomic E-state index is 0.0158. The molecule has 6 rings (SSSR count). The maximum absolute atomic E-state index is 14.1. The van der Waals surface area contributed by atoms with Crippen molar-refractivity contribution in [1.29, 1.82) is 0 Å². The summed E-state index contributed by atoms with van der Waals surface area (Å²) in [6.07, 6.45) is 1.06. The van der Waals surface area contributed by atoms with Crippen LogP contribution in [0.2, 0.25) is 0 Å². The molecule has 0 saturated carbocycles. The number of Topliss-reactive ketones (excluding diaryl/α,β-unsaturated/α-hetero) is 1. The number of para-hydroxylation sites is 2. The lowest BCUT2D eigenvalue weighted by atomic mass is 9.73. The number of nitrogens with zero attached hydrogens (tertiary/aromatic N) is 1. The zero-order chi connectivity index (χ0) is 31.0. The van der Waals surface area contributed by atoms with Gasteiger partial charge in [-0.25, -0.2) is 0 Å². The monoisotopic (exact) mass is 599 g/mol. The summed E-state index contributed by atoms with van der Waals surface area (Å²) in [5.74, 6) is 2.54. The fraction of sp³-hybridized carbons (Fsp3) is 0.353. The summed E-state index contributed by atoms with van der Waals surface area (Å²) in [5, 5.41) is 6.64. The first kappa shape index (κ1) is 29.2. The molecule has 3 aromatic carbocycles. The van der Waals surface area contributed by atoms with Gasteiger partial charge in [-0.3, -0.25) is 9.59 Å². The molecule has 1 unspecified atom stereocenters. The van der Waals surface area contributed by atoms with Crippen LogP contribution in [0, 0.1) is 5.41 Å². The molecule has 3 aliphatic rings. The number of amides is 1. The standard InChI is InChI=1S/C34H37N3O7/c1-34(2)15-23-31(25(38)16-34)32(21-13-28(40-3)33(42-5)29(14-21)41-4)37(24-9-7-6-8-22(24)36-23)18-30(39)35-17-20-10-11-26-27(12-20)44-19-43-26/h6-14,32,36H,15-19H2,1-5H3,(H,35,39). The normalized spacial score (nSPS) is 18.1. The van der Waals surface area contributed by atoms with E-state index in [2.05, 4.69) is 24.5 Å². The molecule has 0 saturated heterocycles. The van der Waals surface area contributed by atoms with Crippen LogP contribution in [0.25, 0.3) is 0 Å². The number of methoxy groups -OCH3 is 3. The second-order valence-corrected chi connectivity index (χ2v) is 11.9. The first-order chi connectivity index (χ1) is 21.2. The van der Waals surface area contributed by atoms with Gasteiger partial charge in [0.25, 0.3) is 0 Å². The highest BCUT2D eigenvalue weighted by Gasteiger charge is 2.42. The van der Waals surface area contributed by atoms with Gasteiger partial charge in [-0.1, -0.05) is 32.0 Å². The fourth-order valence-electron chi connectivity index (χ4n) is 6.30. The van der Waals surface area contributed by atoms with Crippen molar-refractivity contribution in [3.05, 3.63) is 77.0 Å². The van der Waals surface area contributed by atoms with E-state index in [4.69, 9.17) is 23.7 Å². The van der Waals surface area contributed by atoms with Crippen LogP contribution in [0.5, 0.6) is 28.7 Å². The Morgan fingerprint density at radius 1 is 0.977 bits per heavy atom. The van der Waals surface area contributed by atoms with E-state index < -0.39 is 6.04 Å². The summed E-state index contributed by atoms with van der Waals surface area (Å²) in [5.41, 5.74) is 4.49. The molecule has 230 valence electrons. The third-order valence-corrected chi connectivity index (χ3v) is 8.25. The Bertz CT molecular complexity index is 1620. The largest absolute Gasteiger partial charge is 0.493 e. The van der Waals surface area contributed by atoms with Crippen molar-refractivity contribution >= 4 is 23.1 Å². The summed E-state index contributed by atoms with van der Waals surface area (Å²) in [4.78, 5) is 29.8. The van der Waals surface area contributed by atoms with Crippen LogP contribution in [-0.4, -0.2) is 46.4 Å². The van der Waals surface area contributed by atoms with E-state index >= 15 is 0 Å². The second-order valence-electron chi connectivity index (χ2n) is 11.9. The van der Waals surface area contributed by atoms with Crippen molar-refractivity contribution in [1.82, 2.24) is 5.32 Å². The molecular weight excluding hydrogens is 562 g/mol. The maximum atomic E-state index is 14.1. The SMILES string of the molecule is COc1cc(C2C3=C(CC(C)(C)CC3=O)Nc3ccccc3N2CC(=O)NCc2ccc3c(c2)OCO3)cc(OC)c1OC. The number of ether oxygens (including phenoxy) is 5. The van der Waals surface area contributed by atoms with E-state index in [-0.39, 0.29) is 30.4 Å². The first-order valence-corrected chi connectivity index (χ1v) is 14.6. The number of carbonyl (C=O) groups is 2. The molecule has 0 fully saturated rings. The predicted octanol–water partition coefficient (Wildman–Crippen LogP) is 5.37. The van der Waals surface area contributed by atoms with Gasteiger partial charge in [-0.05, 0) is 59.4 Å². The average molecular weight is 600 g/mol. The van der Waals surface area contributed by atoms with Gasteiger partial charge >= 0.3 is 0 Å². The summed E-state index contributed by atoms with van der Waals surface area (Å²) in [7, 11) is 4.67. The van der Waals surface area contributed by atoms with E-state index in [1.807, 2.05) is 59.5 Å². The Kier molecular flexibility index (Phi) is 7.75. The number of carbonyl (C=O) groups excluding carboxylic acids is 2. The minimum Gasteiger partial charge on any atom is -0.493 e. The smallest absolute Gasteiger partial charge is 0.239 e. The quantitative estimate of drug-likeness (QED) is 0.353. The molecule has 44 heavy (non-hydrogen) atoms. The third kappa shape index (κ3) is 5.47. The molecule has 2 aliphatic heterocycles. The van der Waals surface area contributed by atoms with Gasteiger partial charge in [0.15, 0.2) is 28.8 Å². The van der Waals surface area contributed by atoms with E-state index in [0.717, 1.165) is 28.2 Å². The summed E-state index contributed by atoms with van der Waals surface area (Å²) in [6.45, 7) is 4.67. The molecule has 1 atom stereocenters. The highest BCUT2D eigenvalue weighted by atomic mass is 16.7. The highest BCUT2D eigenvalue weighted by molar-refractivity contribution is 6.02. The molecule has 0 bridgehead atoms. The summed E-state index contributed by atoms with van der Waals surface area (Å²) < 4.78 is 27.9. The Morgan fingerprint density at radius 2 is 1.70 bits per heavy atom. The number of benzene rings is 3. The highest BCUT2D eigenvalue weighted by Crippen LogP contribution is 2.50. The fourth-order valence-corrected chi connectivity index (χ4v) is 6.30. The Morgan fingerprint density at radius 3 is 2.43 bits per heavy atom. The summed E-state index contributed by atoms with van der Waals surface area (Å²) >= 11 is 0. The third-order valence-electron chi connectivity index (χ3n) is 8.25. The molecule has 0 aromatic heterocycles. The van der Waals surface area contributed by atoms with Crippen molar-refractivity contribution in [2.24, 2.45) is 5.41 Å². The van der Waals surface area contributed by atoms with Gasteiger partial charge in [-0.15, -0.1) is 0 Å². The lowest BCUT2D eigenvalue weighted by Crippen LogP contribution is -2.42. The number of anilines is 2. The topological polar surface area (TPSA) is 108 Å². The van der Waals surface area contributed by atoms with Crippen molar-refractivity contribution in [3.63, 3.8) is 0 Å². The zero-order valence-electron chi connectivity index (χ0n) is 25.6. The van der Waals surface area contributed by atoms with Gasteiger partial charge in [0, 0.05) is 24.2 Å². The van der Waals surface area contributed by atoms with Gasteiger partial charge in [-0.2, -0.15) is 0 Å². The van der Waals surface area contributed by atoms with E-state index in [1.165, 1.54) is 0 Å². The molecular formula is C34H37N3O7. The van der Waals surface area contributed by atoms with Gasteiger partial charge in [0.2, 0.25) is 18.4 Å². The number of allylic oxidation sites excluding steroid dienone is 1. The van der Waals surface area contributed by atoms with Gasteiger partial charge < -0.3 is 39.2 Å². The molecule has 0 spiro atoms. The number of rotatable bonds is 8. The lowest BCUT2D eigenvalue weighted by Gasteiger charge is -2.38. The number of nitrogens with one attached hydrogen (secondary N) is 2. The molecule has 1 aliphatic carbocycles. The predicted molar refractivity (Wildman–Crippen MR) is 166 cm³/mol. The summed E-state index contributed by atoms with van der Waals surface area (Å²) in [6, 6.07) is 16.5. The van der Waals surface area contributed by atoms with Crippen LogP contribution < -0.4 is 39.2 Å². The molecule has 2 N–H and O–H groups in total. The van der Waals surface area contributed by atoms with Crippen LogP contribution in [-0.2, 0) is 16.1 Å². The van der Waals surface area contributed by atoms with Crippen LogP contribution in [0.1, 0.15) is 43.9 Å². The molecule has 10 heteroatoms. The Hall–Kier alpha value is -4.86. The van der Waals surface area contributed by atoms with Crippen molar-refractivity contribution < 1.29 is 33.3 Å². The van der Waals surface area contributed by atoms with E-state index in [1.54, 1.807) is 21.3 Å². The second kappa shape index (κ2) is 11.7. The van der Waals surface area contributed by atoms with Gasteiger partial charge in [0.05, 0.1) is 45.3 Å². The number of hydrogen-bond donors (Lipinski definition) is 2. The first-order valence-electron chi connectivity index (χ1n) is 14.6. The molecule has 1 amide bonds. The van der Waals surface area contributed by atoms with Gasteiger partial charge in [0.1, 0.15) is 0 Å². The average Bonchev–Trinajstić information content (AvgIpc) is 3.43. The van der Waals surface area contributed by atoms with E-state index in [9.17, 15) is 9.59 Å². The minimum atomic E-state index is -0.616. The Balaban J connectivity index is 1.43. The van der Waals surface area contributed by atoms with Crippen LogP contribution in [0.4, 0.5) is 11.4 Å². The van der Waals surface area contributed by atoms with Crippen LogP contribution in [0.15, 0.2) is 65.9 Å².